The van der Waals surface area contributed by atoms with E-state index in [0.29, 0.717) is 13.1 Å². The second-order valence-corrected chi connectivity index (χ2v) is 8.24. The van der Waals surface area contributed by atoms with E-state index in [2.05, 4.69) is 5.32 Å². The van der Waals surface area contributed by atoms with E-state index < -0.39 is 11.7 Å². The molecule has 1 saturated carbocycles. The Bertz CT molecular complexity index is 800. The van der Waals surface area contributed by atoms with Crippen molar-refractivity contribution in [1.82, 2.24) is 10.2 Å². The van der Waals surface area contributed by atoms with Crippen molar-refractivity contribution in [3.05, 3.63) is 29.6 Å². The Hall–Kier alpha value is -2.44. The zero-order valence-corrected chi connectivity index (χ0v) is 16.1. The molecule has 1 aromatic carbocycles. The molecule has 2 saturated heterocycles. The summed E-state index contributed by atoms with van der Waals surface area (Å²) in [5.74, 6) is -0.824. The standard InChI is InChI=1S/C21H26FN3O3/c1-13-2-5-18(17(22)10-13)25-12-15(11-19(25)26)20(27)23-16-6-8-24(9-7-16)21(28)14-3-4-14/h2,5,10,14-16H,3-4,6-9,11-12H2,1H3,(H,23,27). The van der Waals surface area contributed by atoms with E-state index in [9.17, 15) is 18.8 Å². The molecule has 2 aliphatic heterocycles. The van der Waals surface area contributed by atoms with Crippen LogP contribution in [-0.2, 0) is 14.4 Å². The van der Waals surface area contributed by atoms with Crippen molar-refractivity contribution in [2.45, 2.75) is 45.1 Å². The zero-order valence-electron chi connectivity index (χ0n) is 16.1. The Labute approximate surface area is 164 Å². The number of nitrogens with one attached hydrogen (secondary N) is 1. The maximum Gasteiger partial charge on any atom is 0.227 e. The van der Waals surface area contributed by atoms with Crippen molar-refractivity contribution in [2.24, 2.45) is 11.8 Å². The van der Waals surface area contributed by atoms with Crippen molar-refractivity contribution in [3.63, 3.8) is 0 Å². The molecule has 28 heavy (non-hydrogen) atoms. The SMILES string of the molecule is Cc1ccc(N2CC(C(=O)NC3CCN(C(=O)C4CC4)CC3)CC2=O)c(F)c1. The molecule has 1 unspecified atom stereocenters. The number of amides is 3. The molecule has 4 rings (SSSR count). The van der Waals surface area contributed by atoms with Gasteiger partial charge in [0.1, 0.15) is 5.82 Å². The molecule has 0 bridgehead atoms. The predicted molar refractivity (Wildman–Crippen MR) is 102 cm³/mol. The third-order valence-electron chi connectivity index (χ3n) is 5.97. The number of carbonyl (C=O) groups excluding carboxylic acids is 3. The molecule has 0 aromatic heterocycles. The third kappa shape index (κ3) is 3.88. The quantitative estimate of drug-likeness (QED) is 0.859. The highest BCUT2D eigenvalue weighted by molar-refractivity contribution is 6.00. The van der Waals surface area contributed by atoms with Crippen LogP contribution < -0.4 is 10.2 Å². The van der Waals surface area contributed by atoms with Gasteiger partial charge in [0, 0.05) is 38.0 Å². The summed E-state index contributed by atoms with van der Waals surface area (Å²) in [7, 11) is 0. The molecule has 0 radical (unpaired) electrons. The van der Waals surface area contributed by atoms with Gasteiger partial charge in [0.25, 0.3) is 0 Å². The first kappa shape index (κ1) is 18.9. The first-order valence-corrected chi connectivity index (χ1v) is 10.1. The minimum atomic E-state index is -0.473. The highest BCUT2D eigenvalue weighted by Crippen LogP contribution is 2.32. The third-order valence-corrected chi connectivity index (χ3v) is 5.97. The number of benzene rings is 1. The van der Waals surface area contributed by atoms with Crippen LogP contribution >= 0.6 is 0 Å². The summed E-state index contributed by atoms with van der Waals surface area (Å²) < 4.78 is 14.2. The molecule has 1 N–H and O–H groups in total. The summed E-state index contributed by atoms with van der Waals surface area (Å²) in [6.45, 7) is 3.33. The highest BCUT2D eigenvalue weighted by atomic mass is 19.1. The summed E-state index contributed by atoms with van der Waals surface area (Å²) in [5.41, 5.74) is 1.02. The maximum absolute atomic E-state index is 14.2. The summed E-state index contributed by atoms with van der Waals surface area (Å²) >= 11 is 0. The molecule has 1 atom stereocenters. The number of nitrogens with zero attached hydrogens (tertiary/aromatic N) is 2. The highest BCUT2D eigenvalue weighted by Gasteiger charge is 2.38. The summed E-state index contributed by atoms with van der Waals surface area (Å²) in [4.78, 5) is 40.4. The monoisotopic (exact) mass is 387 g/mol. The lowest BCUT2D eigenvalue weighted by Gasteiger charge is -2.33. The minimum absolute atomic E-state index is 0.0241. The van der Waals surface area contributed by atoms with Gasteiger partial charge in [-0.15, -0.1) is 0 Å². The van der Waals surface area contributed by atoms with E-state index in [4.69, 9.17) is 0 Å². The fourth-order valence-electron chi connectivity index (χ4n) is 4.10. The van der Waals surface area contributed by atoms with Crippen LogP contribution in [0, 0.1) is 24.6 Å². The molecule has 3 amide bonds. The van der Waals surface area contributed by atoms with Crippen LogP contribution in [0.1, 0.15) is 37.7 Å². The second-order valence-electron chi connectivity index (χ2n) is 8.24. The van der Waals surface area contributed by atoms with Crippen molar-refractivity contribution in [3.8, 4) is 0 Å². The number of halogens is 1. The van der Waals surface area contributed by atoms with E-state index in [1.165, 1.54) is 11.0 Å². The predicted octanol–water partition coefficient (Wildman–Crippen LogP) is 2.00. The van der Waals surface area contributed by atoms with Crippen LogP contribution in [0.5, 0.6) is 0 Å². The smallest absolute Gasteiger partial charge is 0.227 e. The molecule has 1 aliphatic carbocycles. The molecular formula is C21H26FN3O3. The van der Waals surface area contributed by atoms with Gasteiger partial charge in [-0.05, 0) is 50.3 Å². The lowest BCUT2D eigenvalue weighted by Crippen LogP contribution is -2.48. The van der Waals surface area contributed by atoms with Crippen molar-refractivity contribution in [1.29, 1.82) is 0 Å². The Morgan fingerprint density at radius 3 is 2.46 bits per heavy atom. The van der Waals surface area contributed by atoms with Gasteiger partial charge in [-0.1, -0.05) is 6.07 Å². The van der Waals surface area contributed by atoms with Gasteiger partial charge in [-0.3, -0.25) is 14.4 Å². The average molecular weight is 387 g/mol. The summed E-state index contributed by atoms with van der Waals surface area (Å²) in [5, 5.41) is 3.03. The van der Waals surface area contributed by atoms with Crippen LogP contribution in [-0.4, -0.2) is 48.3 Å². The Morgan fingerprint density at radius 2 is 1.82 bits per heavy atom. The Balaban J connectivity index is 1.31. The van der Waals surface area contributed by atoms with Gasteiger partial charge < -0.3 is 15.1 Å². The fourth-order valence-corrected chi connectivity index (χ4v) is 4.10. The minimum Gasteiger partial charge on any atom is -0.353 e. The fraction of sp³-hybridized carbons (Fsp3) is 0.571. The average Bonchev–Trinajstić information content (AvgIpc) is 3.44. The normalized spacial score (nSPS) is 23.2. The number of anilines is 1. The van der Waals surface area contributed by atoms with Crippen LogP contribution in [0.25, 0.3) is 0 Å². The van der Waals surface area contributed by atoms with Gasteiger partial charge in [0.15, 0.2) is 0 Å². The zero-order chi connectivity index (χ0) is 19.8. The Morgan fingerprint density at radius 1 is 1.11 bits per heavy atom. The van der Waals surface area contributed by atoms with Gasteiger partial charge in [0.2, 0.25) is 17.7 Å². The van der Waals surface area contributed by atoms with Crippen molar-refractivity contribution >= 4 is 23.4 Å². The van der Waals surface area contributed by atoms with Crippen molar-refractivity contribution in [2.75, 3.05) is 24.5 Å². The molecular weight excluding hydrogens is 361 g/mol. The number of hydrogen-bond acceptors (Lipinski definition) is 3. The lowest BCUT2D eigenvalue weighted by molar-refractivity contribution is -0.134. The lowest BCUT2D eigenvalue weighted by atomic mass is 10.0. The summed E-state index contributed by atoms with van der Waals surface area (Å²) in [6.07, 6.45) is 3.58. The molecule has 2 heterocycles. The van der Waals surface area contributed by atoms with Gasteiger partial charge in [-0.2, -0.15) is 0 Å². The molecule has 3 fully saturated rings. The summed E-state index contributed by atoms with van der Waals surface area (Å²) in [6, 6.07) is 4.77. The number of hydrogen-bond donors (Lipinski definition) is 1. The van der Waals surface area contributed by atoms with Crippen LogP contribution in [0.2, 0.25) is 0 Å². The number of piperidine rings is 1. The first-order chi connectivity index (χ1) is 13.4. The molecule has 150 valence electrons. The number of aryl methyl sites for hydroxylation is 1. The van der Waals surface area contributed by atoms with Crippen LogP contribution in [0.3, 0.4) is 0 Å². The van der Waals surface area contributed by atoms with E-state index in [1.54, 1.807) is 19.1 Å². The van der Waals surface area contributed by atoms with Gasteiger partial charge in [-0.25, -0.2) is 4.39 Å². The first-order valence-electron chi connectivity index (χ1n) is 10.1. The van der Waals surface area contributed by atoms with E-state index in [0.717, 1.165) is 31.2 Å². The molecule has 6 nitrogen and oxygen atoms in total. The van der Waals surface area contributed by atoms with Crippen LogP contribution in [0.15, 0.2) is 18.2 Å². The van der Waals surface area contributed by atoms with Crippen LogP contribution in [0.4, 0.5) is 10.1 Å². The van der Waals surface area contributed by atoms with E-state index in [1.807, 2.05) is 4.90 Å². The van der Waals surface area contributed by atoms with Gasteiger partial charge in [0.05, 0.1) is 11.6 Å². The largest absolute Gasteiger partial charge is 0.353 e. The number of rotatable bonds is 4. The van der Waals surface area contributed by atoms with Gasteiger partial charge >= 0.3 is 0 Å². The Kier molecular flexibility index (Phi) is 5.08. The van der Waals surface area contributed by atoms with E-state index >= 15 is 0 Å². The molecule has 1 aromatic rings. The number of likely N-dealkylation sites (tertiary alicyclic amines) is 1. The maximum atomic E-state index is 14.2. The van der Waals surface area contributed by atoms with E-state index in [-0.39, 0.29) is 48.3 Å². The molecule has 0 spiro atoms. The number of carbonyl (C=O) groups is 3. The van der Waals surface area contributed by atoms with Crippen molar-refractivity contribution < 1.29 is 18.8 Å². The molecule has 3 aliphatic rings. The second kappa shape index (κ2) is 7.53. The topological polar surface area (TPSA) is 69.7 Å². The molecule has 7 heteroatoms.